The molecule has 2 heterocycles. The predicted octanol–water partition coefficient (Wildman–Crippen LogP) is 1.91. The monoisotopic (exact) mass is 314 g/mol. The van der Waals surface area contributed by atoms with Crippen molar-refractivity contribution >= 4 is 28.6 Å². The van der Waals surface area contributed by atoms with Crippen molar-refractivity contribution in [2.24, 2.45) is 0 Å². The minimum Gasteiger partial charge on any atom is -0.394 e. The van der Waals surface area contributed by atoms with E-state index in [2.05, 4.69) is 15.4 Å². The number of aromatic nitrogens is 3. The summed E-state index contributed by atoms with van der Waals surface area (Å²) in [7, 11) is 0. The van der Waals surface area contributed by atoms with Crippen LogP contribution in [-0.2, 0) is 6.54 Å². The Balaban J connectivity index is 2.25. The molecule has 0 saturated heterocycles. The lowest BCUT2D eigenvalue weighted by atomic mass is 10.2. The lowest BCUT2D eigenvalue weighted by Crippen LogP contribution is -2.26. The molecule has 0 aliphatic heterocycles. The second kappa shape index (κ2) is 6.83. The summed E-state index contributed by atoms with van der Waals surface area (Å²) >= 11 is 7.60. The molecule has 0 aromatic carbocycles. The second-order valence-electron chi connectivity index (χ2n) is 4.10. The first-order valence-electron chi connectivity index (χ1n) is 6.19. The third-order valence-electron chi connectivity index (χ3n) is 2.78. The van der Waals surface area contributed by atoms with Gasteiger partial charge in [0.25, 0.3) is 5.56 Å². The van der Waals surface area contributed by atoms with E-state index in [-0.39, 0.29) is 24.2 Å². The SMILES string of the molecule is CCC(Nc1cnn(CCO)c(=O)c1Cl)c1nccs1. The lowest BCUT2D eigenvalue weighted by molar-refractivity contribution is 0.266. The maximum absolute atomic E-state index is 11.9. The van der Waals surface area contributed by atoms with Crippen molar-refractivity contribution in [3.05, 3.63) is 38.2 Å². The first-order valence-corrected chi connectivity index (χ1v) is 7.45. The summed E-state index contributed by atoms with van der Waals surface area (Å²) in [5, 5.41) is 18.9. The first kappa shape index (κ1) is 15.0. The Bertz CT molecular complexity index is 614. The van der Waals surface area contributed by atoms with E-state index in [0.717, 1.165) is 16.1 Å². The summed E-state index contributed by atoms with van der Waals surface area (Å²) in [5.74, 6) is 0. The molecule has 2 aromatic rings. The van der Waals surface area contributed by atoms with E-state index in [1.54, 1.807) is 17.5 Å². The molecule has 1 atom stereocenters. The molecular formula is C12H15ClN4O2S. The Morgan fingerprint density at radius 2 is 2.40 bits per heavy atom. The third kappa shape index (κ3) is 3.17. The minimum absolute atomic E-state index is 0.0117. The van der Waals surface area contributed by atoms with Crippen LogP contribution in [0.3, 0.4) is 0 Å². The number of aliphatic hydroxyl groups is 1. The highest BCUT2D eigenvalue weighted by Crippen LogP contribution is 2.26. The topological polar surface area (TPSA) is 80.0 Å². The van der Waals surface area contributed by atoms with Crippen LogP contribution in [0.15, 0.2) is 22.6 Å². The van der Waals surface area contributed by atoms with Crippen LogP contribution in [0.25, 0.3) is 0 Å². The molecule has 2 N–H and O–H groups in total. The molecule has 0 fully saturated rings. The van der Waals surface area contributed by atoms with Gasteiger partial charge in [0.1, 0.15) is 10.0 Å². The van der Waals surface area contributed by atoms with Crippen molar-refractivity contribution in [3.8, 4) is 0 Å². The van der Waals surface area contributed by atoms with Crippen LogP contribution in [-0.4, -0.2) is 26.5 Å². The van der Waals surface area contributed by atoms with Gasteiger partial charge < -0.3 is 10.4 Å². The second-order valence-corrected chi connectivity index (χ2v) is 5.40. The van der Waals surface area contributed by atoms with E-state index in [4.69, 9.17) is 16.7 Å². The number of anilines is 1. The van der Waals surface area contributed by atoms with Gasteiger partial charge in [-0.05, 0) is 6.42 Å². The van der Waals surface area contributed by atoms with Crippen molar-refractivity contribution in [2.45, 2.75) is 25.9 Å². The molecule has 6 nitrogen and oxygen atoms in total. The quantitative estimate of drug-likeness (QED) is 0.851. The highest BCUT2D eigenvalue weighted by molar-refractivity contribution is 7.09. The molecule has 1 unspecified atom stereocenters. The van der Waals surface area contributed by atoms with Crippen LogP contribution in [0.4, 0.5) is 5.69 Å². The highest BCUT2D eigenvalue weighted by Gasteiger charge is 2.16. The summed E-state index contributed by atoms with van der Waals surface area (Å²) < 4.78 is 1.14. The van der Waals surface area contributed by atoms with Crippen LogP contribution >= 0.6 is 22.9 Å². The Labute approximate surface area is 125 Å². The van der Waals surface area contributed by atoms with Crippen molar-refractivity contribution < 1.29 is 5.11 Å². The predicted molar refractivity (Wildman–Crippen MR) is 79.4 cm³/mol. The van der Waals surface area contributed by atoms with E-state index in [0.29, 0.717) is 5.69 Å². The molecule has 8 heteroatoms. The van der Waals surface area contributed by atoms with Crippen LogP contribution in [0.5, 0.6) is 0 Å². The molecule has 2 rings (SSSR count). The van der Waals surface area contributed by atoms with Crippen molar-refractivity contribution in [1.29, 1.82) is 0 Å². The molecule has 0 spiro atoms. The molecule has 108 valence electrons. The smallest absolute Gasteiger partial charge is 0.287 e. The van der Waals surface area contributed by atoms with Gasteiger partial charge in [0.05, 0.1) is 31.1 Å². The molecule has 0 aliphatic carbocycles. The van der Waals surface area contributed by atoms with Crippen LogP contribution < -0.4 is 10.9 Å². The Morgan fingerprint density at radius 1 is 1.60 bits per heavy atom. The van der Waals surface area contributed by atoms with Crippen molar-refractivity contribution in [1.82, 2.24) is 14.8 Å². The van der Waals surface area contributed by atoms with Crippen LogP contribution in [0, 0.1) is 0 Å². The normalized spacial score (nSPS) is 12.3. The van der Waals surface area contributed by atoms with E-state index in [1.165, 1.54) is 6.20 Å². The zero-order chi connectivity index (χ0) is 14.5. The van der Waals surface area contributed by atoms with Crippen LogP contribution in [0.1, 0.15) is 24.4 Å². The number of aliphatic hydroxyl groups excluding tert-OH is 1. The van der Waals surface area contributed by atoms with E-state index in [1.807, 2.05) is 12.3 Å². The first-order chi connectivity index (χ1) is 9.67. The molecule has 0 amide bonds. The van der Waals surface area contributed by atoms with Gasteiger partial charge in [-0.2, -0.15) is 5.10 Å². The van der Waals surface area contributed by atoms with Gasteiger partial charge in [0.15, 0.2) is 0 Å². The molecular weight excluding hydrogens is 300 g/mol. The van der Waals surface area contributed by atoms with Crippen molar-refractivity contribution in [3.63, 3.8) is 0 Å². The van der Waals surface area contributed by atoms with E-state index >= 15 is 0 Å². The highest BCUT2D eigenvalue weighted by atomic mass is 35.5. The Hall–Kier alpha value is -1.44. The number of nitrogens with one attached hydrogen (secondary N) is 1. The molecule has 0 saturated carbocycles. The van der Waals surface area contributed by atoms with Gasteiger partial charge in [-0.25, -0.2) is 9.67 Å². The average molecular weight is 315 g/mol. The van der Waals surface area contributed by atoms with E-state index < -0.39 is 5.56 Å². The standard InChI is InChI=1S/C12H15ClN4O2S/c1-2-8(11-14-3-6-20-11)16-9-7-15-17(4-5-18)12(19)10(9)13/h3,6-8,16,18H,2,4-5H2,1H3. The summed E-state index contributed by atoms with van der Waals surface area (Å²) in [4.78, 5) is 16.2. The molecule has 20 heavy (non-hydrogen) atoms. The summed E-state index contributed by atoms with van der Waals surface area (Å²) in [6, 6.07) is -0.0117. The fraction of sp³-hybridized carbons (Fsp3) is 0.417. The molecule has 2 aromatic heterocycles. The Kier molecular flexibility index (Phi) is 5.11. The maximum atomic E-state index is 11.9. The van der Waals surface area contributed by atoms with Crippen LogP contribution in [0.2, 0.25) is 5.02 Å². The van der Waals surface area contributed by atoms with E-state index in [9.17, 15) is 4.79 Å². The van der Waals surface area contributed by atoms with Gasteiger partial charge >= 0.3 is 0 Å². The zero-order valence-corrected chi connectivity index (χ0v) is 12.5. The fourth-order valence-corrected chi connectivity index (χ4v) is 2.73. The maximum Gasteiger partial charge on any atom is 0.287 e. The Morgan fingerprint density at radius 3 is 3.00 bits per heavy atom. The van der Waals surface area contributed by atoms with Gasteiger partial charge in [0.2, 0.25) is 0 Å². The molecule has 0 radical (unpaired) electrons. The largest absolute Gasteiger partial charge is 0.394 e. The van der Waals surface area contributed by atoms with Gasteiger partial charge in [-0.15, -0.1) is 11.3 Å². The summed E-state index contributed by atoms with van der Waals surface area (Å²) in [6.45, 7) is 1.99. The van der Waals surface area contributed by atoms with Gasteiger partial charge in [-0.3, -0.25) is 4.79 Å². The average Bonchev–Trinajstić information content (AvgIpc) is 2.97. The third-order valence-corrected chi connectivity index (χ3v) is 4.04. The number of halogens is 1. The number of hydrogen-bond donors (Lipinski definition) is 2. The van der Waals surface area contributed by atoms with Gasteiger partial charge in [-0.1, -0.05) is 18.5 Å². The number of nitrogens with zero attached hydrogens (tertiary/aromatic N) is 3. The fourth-order valence-electron chi connectivity index (χ4n) is 1.75. The minimum atomic E-state index is -0.417. The lowest BCUT2D eigenvalue weighted by Gasteiger charge is -2.16. The number of hydrogen-bond acceptors (Lipinski definition) is 6. The number of thiazole rings is 1. The number of rotatable bonds is 6. The molecule has 0 bridgehead atoms. The summed E-state index contributed by atoms with van der Waals surface area (Å²) in [6.07, 6.45) is 4.04. The summed E-state index contributed by atoms with van der Waals surface area (Å²) in [5.41, 5.74) is 0.0626. The van der Waals surface area contributed by atoms with Crippen molar-refractivity contribution in [2.75, 3.05) is 11.9 Å². The molecule has 0 aliphatic rings. The zero-order valence-electron chi connectivity index (χ0n) is 10.9. The van der Waals surface area contributed by atoms with Gasteiger partial charge in [0, 0.05) is 11.6 Å².